The van der Waals surface area contributed by atoms with Crippen molar-refractivity contribution in [2.45, 2.75) is 58.8 Å². The predicted molar refractivity (Wildman–Crippen MR) is 135 cm³/mol. The molecule has 0 bridgehead atoms. The quantitative estimate of drug-likeness (QED) is 0.441. The van der Waals surface area contributed by atoms with E-state index in [1.54, 1.807) is 0 Å². The van der Waals surface area contributed by atoms with E-state index in [0.717, 1.165) is 35.2 Å². The Morgan fingerprint density at radius 3 is 2.28 bits per heavy atom. The molecule has 0 amide bonds. The summed E-state index contributed by atoms with van der Waals surface area (Å²) in [6.07, 6.45) is 0.952. The van der Waals surface area contributed by atoms with Gasteiger partial charge < -0.3 is 11.1 Å². The third kappa shape index (κ3) is 3.61. The molecule has 0 saturated heterocycles. The SMILES string of the molecule is Cc1ccc(C(C)(C)CCNc2nn(C)c3c(C(C)(C)C)cccc23)c2c1c(N)nn2C. The number of benzene rings is 2. The molecule has 0 aliphatic heterocycles. The van der Waals surface area contributed by atoms with Crippen molar-refractivity contribution >= 4 is 33.4 Å². The van der Waals surface area contributed by atoms with Crippen molar-refractivity contribution in [1.82, 2.24) is 19.6 Å². The molecule has 2 aromatic heterocycles. The molecule has 2 heterocycles. The number of nitrogens with one attached hydrogen (secondary N) is 1. The van der Waals surface area contributed by atoms with E-state index >= 15 is 0 Å². The zero-order valence-corrected chi connectivity index (χ0v) is 20.7. The summed E-state index contributed by atoms with van der Waals surface area (Å²) < 4.78 is 3.92. The fourth-order valence-corrected chi connectivity index (χ4v) is 4.86. The number of fused-ring (bicyclic) bond motifs is 2. The van der Waals surface area contributed by atoms with Gasteiger partial charge in [0.15, 0.2) is 11.6 Å². The van der Waals surface area contributed by atoms with Crippen molar-refractivity contribution in [3.63, 3.8) is 0 Å². The minimum atomic E-state index is -0.0552. The van der Waals surface area contributed by atoms with E-state index in [9.17, 15) is 0 Å². The molecule has 0 atom stereocenters. The van der Waals surface area contributed by atoms with Gasteiger partial charge in [-0.25, -0.2) is 0 Å². The molecule has 4 rings (SSSR count). The molecular weight excluding hydrogens is 396 g/mol. The standard InChI is InChI=1S/C26H36N6/c1-16-12-13-19(22-20(16)23(27)29-32(22)8)26(5,6)14-15-28-24-17-10-9-11-18(25(2,3)4)21(17)31(7)30-24/h9-13H,14-15H2,1-8H3,(H2,27,29)(H,28,30). The number of para-hydroxylation sites is 1. The van der Waals surface area contributed by atoms with Gasteiger partial charge in [0, 0.05) is 31.4 Å². The third-order valence-corrected chi connectivity index (χ3v) is 6.67. The molecule has 0 spiro atoms. The maximum atomic E-state index is 6.21. The second-order valence-corrected chi connectivity index (χ2v) is 10.6. The molecule has 6 nitrogen and oxygen atoms in total. The second-order valence-electron chi connectivity index (χ2n) is 10.6. The van der Waals surface area contributed by atoms with E-state index in [1.165, 1.54) is 22.0 Å². The number of hydrogen-bond donors (Lipinski definition) is 2. The minimum Gasteiger partial charge on any atom is -0.382 e. The first-order valence-electron chi connectivity index (χ1n) is 11.3. The lowest BCUT2D eigenvalue weighted by molar-refractivity contribution is 0.495. The van der Waals surface area contributed by atoms with E-state index < -0.39 is 0 Å². The van der Waals surface area contributed by atoms with Crippen molar-refractivity contribution in [3.8, 4) is 0 Å². The smallest absolute Gasteiger partial charge is 0.155 e. The molecule has 4 aromatic rings. The number of nitrogens with two attached hydrogens (primary N) is 1. The largest absolute Gasteiger partial charge is 0.382 e. The van der Waals surface area contributed by atoms with Crippen molar-refractivity contribution in [2.75, 3.05) is 17.6 Å². The normalized spacial score (nSPS) is 12.8. The molecular formula is C26H36N6. The van der Waals surface area contributed by atoms with Crippen molar-refractivity contribution in [1.29, 1.82) is 0 Å². The lowest BCUT2D eigenvalue weighted by Gasteiger charge is -2.27. The molecule has 6 heteroatoms. The van der Waals surface area contributed by atoms with Gasteiger partial charge >= 0.3 is 0 Å². The van der Waals surface area contributed by atoms with Crippen LogP contribution in [0, 0.1) is 6.92 Å². The zero-order chi connectivity index (χ0) is 23.4. The number of nitrogens with zero attached hydrogens (tertiary/aromatic N) is 4. The Balaban J connectivity index is 1.61. The maximum absolute atomic E-state index is 6.21. The molecule has 3 N–H and O–H groups in total. The molecule has 0 radical (unpaired) electrons. The van der Waals surface area contributed by atoms with Crippen molar-refractivity contribution < 1.29 is 0 Å². The van der Waals surface area contributed by atoms with Crippen LogP contribution >= 0.6 is 0 Å². The van der Waals surface area contributed by atoms with E-state index in [0.29, 0.717) is 5.82 Å². The molecule has 0 fully saturated rings. The summed E-state index contributed by atoms with van der Waals surface area (Å²) in [5.41, 5.74) is 12.3. The Kier molecular flexibility index (Phi) is 5.23. The van der Waals surface area contributed by atoms with E-state index in [1.807, 2.05) is 23.5 Å². The van der Waals surface area contributed by atoms with Crippen LogP contribution in [-0.4, -0.2) is 26.1 Å². The first-order chi connectivity index (χ1) is 14.9. The fraction of sp³-hybridized carbons (Fsp3) is 0.462. The highest BCUT2D eigenvalue weighted by atomic mass is 15.3. The van der Waals surface area contributed by atoms with Crippen LogP contribution in [0.2, 0.25) is 0 Å². The van der Waals surface area contributed by atoms with E-state index in [4.69, 9.17) is 10.8 Å². The monoisotopic (exact) mass is 432 g/mol. The first kappa shape index (κ1) is 22.2. The molecule has 0 saturated carbocycles. The lowest BCUT2D eigenvalue weighted by Crippen LogP contribution is -2.22. The maximum Gasteiger partial charge on any atom is 0.155 e. The number of aromatic nitrogens is 4. The number of anilines is 2. The highest BCUT2D eigenvalue weighted by Gasteiger charge is 2.26. The van der Waals surface area contributed by atoms with Crippen LogP contribution < -0.4 is 11.1 Å². The summed E-state index contributed by atoms with van der Waals surface area (Å²) >= 11 is 0. The third-order valence-electron chi connectivity index (χ3n) is 6.67. The van der Waals surface area contributed by atoms with Gasteiger partial charge in [-0.3, -0.25) is 9.36 Å². The Morgan fingerprint density at radius 1 is 0.906 bits per heavy atom. The lowest BCUT2D eigenvalue weighted by atomic mass is 9.80. The number of aryl methyl sites for hydroxylation is 3. The Bertz CT molecular complexity index is 1300. The summed E-state index contributed by atoms with van der Waals surface area (Å²) in [5, 5.41) is 15.1. The van der Waals surface area contributed by atoms with Crippen LogP contribution in [0.25, 0.3) is 21.8 Å². The predicted octanol–water partition coefficient (Wildman–Crippen LogP) is 5.43. The second kappa shape index (κ2) is 7.54. The van der Waals surface area contributed by atoms with Gasteiger partial charge in [-0.1, -0.05) is 58.9 Å². The molecule has 32 heavy (non-hydrogen) atoms. The number of hydrogen-bond acceptors (Lipinski definition) is 4. The van der Waals surface area contributed by atoms with Gasteiger partial charge in [-0.05, 0) is 46.9 Å². The average molecular weight is 433 g/mol. The summed E-state index contributed by atoms with van der Waals surface area (Å²) in [5.74, 6) is 1.55. The topological polar surface area (TPSA) is 73.7 Å². The van der Waals surface area contributed by atoms with E-state index in [2.05, 4.69) is 82.3 Å². The zero-order valence-electron chi connectivity index (χ0n) is 20.7. The Hall–Kier alpha value is -3.02. The molecule has 170 valence electrons. The van der Waals surface area contributed by atoms with Gasteiger partial charge in [-0.15, -0.1) is 0 Å². The Labute approximate surface area is 190 Å². The van der Waals surface area contributed by atoms with Gasteiger partial charge in [0.05, 0.1) is 11.0 Å². The van der Waals surface area contributed by atoms with Crippen LogP contribution in [0.5, 0.6) is 0 Å². The molecule has 0 aliphatic rings. The summed E-state index contributed by atoms with van der Waals surface area (Å²) in [6.45, 7) is 14.2. The van der Waals surface area contributed by atoms with Crippen LogP contribution in [0.3, 0.4) is 0 Å². The van der Waals surface area contributed by atoms with Crippen LogP contribution in [-0.2, 0) is 24.9 Å². The molecule has 2 aromatic carbocycles. The highest BCUT2D eigenvalue weighted by molar-refractivity contribution is 5.95. The van der Waals surface area contributed by atoms with E-state index in [-0.39, 0.29) is 10.8 Å². The van der Waals surface area contributed by atoms with Gasteiger partial charge in [0.25, 0.3) is 0 Å². The molecule has 0 aliphatic carbocycles. The van der Waals surface area contributed by atoms with Crippen molar-refractivity contribution in [3.05, 3.63) is 47.0 Å². The number of rotatable bonds is 5. The first-order valence-corrected chi connectivity index (χ1v) is 11.3. The fourth-order valence-electron chi connectivity index (χ4n) is 4.86. The Morgan fingerprint density at radius 2 is 1.59 bits per heavy atom. The summed E-state index contributed by atoms with van der Waals surface area (Å²) in [6, 6.07) is 10.9. The summed E-state index contributed by atoms with van der Waals surface area (Å²) in [4.78, 5) is 0. The highest BCUT2D eigenvalue weighted by Crippen LogP contribution is 2.37. The van der Waals surface area contributed by atoms with Gasteiger partial charge in [0.1, 0.15) is 0 Å². The van der Waals surface area contributed by atoms with Gasteiger partial charge in [0.2, 0.25) is 0 Å². The van der Waals surface area contributed by atoms with Crippen LogP contribution in [0.4, 0.5) is 11.6 Å². The van der Waals surface area contributed by atoms with Crippen molar-refractivity contribution in [2.24, 2.45) is 14.1 Å². The summed E-state index contributed by atoms with van der Waals surface area (Å²) in [7, 11) is 4.01. The number of nitrogen functional groups attached to an aromatic ring is 1. The molecule has 0 unspecified atom stereocenters. The average Bonchev–Trinajstić information content (AvgIpc) is 3.18. The van der Waals surface area contributed by atoms with Crippen LogP contribution in [0.1, 0.15) is 57.7 Å². The minimum absolute atomic E-state index is 0.0552. The van der Waals surface area contributed by atoms with Gasteiger partial charge in [-0.2, -0.15) is 10.2 Å². The van der Waals surface area contributed by atoms with Crippen LogP contribution in [0.15, 0.2) is 30.3 Å².